The molecule has 0 aliphatic heterocycles. The number of carbonyl (C=O) groups is 2. The Kier molecular flexibility index (Phi) is 6.17. The van der Waals surface area contributed by atoms with Gasteiger partial charge in [0.2, 0.25) is 11.8 Å². The molecule has 0 radical (unpaired) electrons. The van der Waals surface area contributed by atoms with E-state index >= 15 is 0 Å². The second kappa shape index (κ2) is 8.13. The Morgan fingerprint density at radius 3 is 2.54 bits per heavy atom. The van der Waals surface area contributed by atoms with Gasteiger partial charge in [0, 0.05) is 24.9 Å². The first-order valence-corrected chi connectivity index (χ1v) is 7.91. The molecule has 2 aromatic carbocycles. The van der Waals surface area contributed by atoms with Crippen molar-refractivity contribution in [3.8, 4) is 0 Å². The van der Waals surface area contributed by atoms with Crippen LogP contribution in [-0.4, -0.2) is 18.4 Å². The summed E-state index contributed by atoms with van der Waals surface area (Å²) in [6.45, 7) is 1.46. The highest BCUT2D eigenvalue weighted by Crippen LogP contribution is 2.29. The van der Waals surface area contributed by atoms with E-state index in [9.17, 15) is 14.0 Å². The molecule has 0 aliphatic rings. The molecule has 0 bridgehead atoms. The maximum Gasteiger partial charge on any atom is 0.226 e. The van der Waals surface area contributed by atoms with E-state index in [1.807, 2.05) is 0 Å². The van der Waals surface area contributed by atoms with Crippen LogP contribution in [0.25, 0.3) is 0 Å². The molecular weight excluding hydrogens is 354 g/mol. The molecule has 0 heterocycles. The van der Waals surface area contributed by atoms with Gasteiger partial charge in [-0.15, -0.1) is 0 Å². The second-order valence-corrected chi connectivity index (χ2v) is 5.89. The number of nitrogens with zero attached hydrogens (tertiary/aromatic N) is 1. The zero-order valence-corrected chi connectivity index (χ0v) is 14.4. The van der Waals surface area contributed by atoms with Gasteiger partial charge in [-0.25, -0.2) is 4.39 Å². The third-order valence-corrected chi connectivity index (χ3v) is 3.84. The van der Waals surface area contributed by atoms with Crippen LogP contribution in [-0.2, 0) is 9.59 Å². The van der Waals surface area contributed by atoms with E-state index < -0.39 is 11.7 Å². The van der Waals surface area contributed by atoms with Crippen molar-refractivity contribution < 1.29 is 14.0 Å². The number of amides is 2. The van der Waals surface area contributed by atoms with Gasteiger partial charge in [-0.2, -0.15) is 0 Å². The Morgan fingerprint density at radius 1 is 1.17 bits per heavy atom. The van der Waals surface area contributed by atoms with Gasteiger partial charge in [-0.3, -0.25) is 9.59 Å². The summed E-state index contributed by atoms with van der Waals surface area (Å²) in [7, 11) is 0. The zero-order valence-electron chi connectivity index (χ0n) is 12.9. The Morgan fingerprint density at radius 2 is 1.88 bits per heavy atom. The molecule has 4 nitrogen and oxygen atoms in total. The van der Waals surface area contributed by atoms with Gasteiger partial charge in [0.25, 0.3) is 0 Å². The topological polar surface area (TPSA) is 49.4 Å². The minimum Gasteiger partial charge on any atom is -0.324 e. The smallest absolute Gasteiger partial charge is 0.226 e. The summed E-state index contributed by atoms with van der Waals surface area (Å²) in [5.74, 6) is -1.21. The molecule has 7 heteroatoms. The van der Waals surface area contributed by atoms with Crippen LogP contribution in [0.4, 0.5) is 15.8 Å². The monoisotopic (exact) mass is 368 g/mol. The lowest BCUT2D eigenvalue weighted by atomic mass is 10.2. The molecule has 0 saturated carbocycles. The number of benzene rings is 2. The van der Waals surface area contributed by atoms with Crippen molar-refractivity contribution in [1.82, 2.24) is 0 Å². The van der Waals surface area contributed by atoms with E-state index in [1.165, 1.54) is 30.0 Å². The van der Waals surface area contributed by atoms with E-state index in [4.69, 9.17) is 23.2 Å². The van der Waals surface area contributed by atoms with Crippen LogP contribution < -0.4 is 10.2 Å². The van der Waals surface area contributed by atoms with Crippen molar-refractivity contribution in [1.29, 1.82) is 0 Å². The van der Waals surface area contributed by atoms with Crippen molar-refractivity contribution in [2.75, 3.05) is 16.8 Å². The van der Waals surface area contributed by atoms with Crippen LogP contribution >= 0.6 is 23.2 Å². The van der Waals surface area contributed by atoms with Gasteiger partial charge in [0.1, 0.15) is 5.82 Å². The molecule has 0 unspecified atom stereocenters. The first-order valence-electron chi connectivity index (χ1n) is 7.16. The molecule has 126 valence electrons. The van der Waals surface area contributed by atoms with E-state index in [0.29, 0.717) is 15.7 Å². The lowest BCUT2D eigenvalue weighted by Crippen LogP contribution is -2.32. The van der Waals surface area contributed by atoms with Crippen LogP contribution in [0.2, 0.25) is 10.0 Å². The van der Waals surface area contributed by atoms with Crippen molar-refractivity contribution in [2.45, 2.75) is 13.3 Å². The molecule has 0 aliphatic carbocycles. The zero-order chi connectivity index (χ0) is 17.7. The Balaban J connectivity index is 2.07. The average molecular weight is 369 g/mol. The van der Waals surface area contributed by atoms with Crippen molar-refractivity contribution in [3.05, 3.63) is 58.3 Å². The Bertz CT molecular complexity index is 768. The van der Waals surface area contributed by atoms with E-state index in [2.05, 4.69) is 5.32 Å². The van der Waals surface area contributed by atoms with Crippen LogP contribution in [0.1, 0.15) is 13.3 Å². The Hall–Kier alpha value is -2.11. The molecule has 0 fully saturated rings. The fourth-order valence-corrected chi connectivity index (χ4v) is 2.51. The van der Waals surface area contributed by atoms with Crippen molar-refractivity contribution >= 4 is 46.4 Å². The van der Waals surface area contributed by atoms with Gasteiger partial charge < -0.3 is 10.2 Å². The number of hydrogen-bond acceptors (Lipinski definition) is 2. The normalized spacial score (nSPS) is 10.3. The molecule has 2 rings (SSSR count). The minimum atomic E-state index is -0.521. The standard InChI is InChI=1S/C17H15Cl2FN2O2/c1-11(23)22(16-10-12(18)6-7-13(16)19)9-8-17(24)21-15-5-3-2-4-14(15)20/h2-7,10H,8-9H2,1H3,(H,21,24). The Labute approximate surface area is 149 Å². The third-order valence-electron chi connectivity index (χ3n) is 3.29. The van der Waals surface area contributed by atoms with Crippen LogP contribution in [0.3, 0.4) is 0 Å². The molecule has 1 N–H and O–H groups in total. The van der Waals surface area contributed by atoms with Gasteiger partial charge in [-0.05, 0) is 30.3 Å². The van der Waals surface area contributed by atoms with Gasteiger partial charge in [0.05, 0.1) is 16.4 Å². The highest BCUT2D eigenvalue weighted by molar-refractivity contribution is 6.35. The molecule has 0 spiro atoms. The number of hydrogen-bond donors (Lipinski definition) is 1. The van der Waals surface area contributed by atoms with E-state index in [1.54, 1.807) is 24.3 Å². The largest absolute Gasteiger partial charge is 0.324 e. The van der Waals surface area contributed by atoms with Crippen molar-refractivity contribution in [2.24, 2.45) is 0 Å². The highest BCUT2D eigenvalue weighted by atomic mass is 35.5. The van der Waals surface area contributed by atoms with Gasteiger partial charge in [0.15, 0.2) is 0 Å². The van der Waals surface area contributed by atoms with Gasteiger partial charge >= 0.3 is 0 Å². The molecule has 0 atom stereocenters. The summed E-state index contributed by atoms with van der Waals surface area (Å²) in [4.78, 5) is 25.2. The fourth-order valence-electron chi connectivity index (χ4n) is 2.13. The number of anilines is 2. The summed E-state index contributed by atoms with van der Waals surface area (Å²) >= 11 is 12.0. The van der Waals surface area contributed by atoms with E-state index in [-0.39, 0.29) is 24.6 Å². The summed E-state index contributed by atoms with van der Waals surface area (Å²) in [6.07, 6.45) is -0.0171. The first-order chi connectivity index (χ1) is 11.4. The molecule has 24 heavy (non-hydrogen) atoms. The maximum atomic E-state index is 13.5. The predicted molar refractivity (Wildman–Crippen MR) is 94.1 cm³/mol. The SMILES string of the molecule is CC(=O)N(CCC(=O)Nc1ccccc1F)c1cc(Cl)ccc1Cl. The summed E-state index contributed by atoms with van der Waals surface area (Å²) < 4.78 is 13.5. The average Bonchev–Trinajstić information content (AvgIpc) is 2.52. The molecule has 2 aromatic rings. The molecule has 2 amide bonds. The summed E-state index contributed by atoms with van der Waals surface area (Å²) in [5.41, 5.74) is 0.521. The molecule has 0 saturated heterocycles. The quantitative estimate of drug-likeness (QED) is 0.843. The predicted octanol–water partition coefficient (Wildman–Crippen LogP) is 4.51. The first kappa shape index (κ1) is 18.2. The second-order valence-electron chi connectivity index (χ2n) is 5.04. The molecular formula is C17H15Cl2FN2O2. The van der Waals surface area contributed by atoms with Crippen LogP contribution in [0.15, 0.2) is 42.5 Å². The minimum absolute atomic E-state index is 0.0171. The lowest BCUT2D eigenvalue weighted by molar-refractivity contribution is -0.117. The summed E-state index contributed by atoms with van der Waals surface area (Å²) in [6, 6.07) is 10.6. The van der Waals surface area contributed by atoms with Crippen LogP contribution in [0.5, 0.6) is 0 Å². The van der Waals surface area contributed by atoms with Crippen LogP contribution in [0, 0.1) is 5.82 Å². The molecule has 0 aromatic heterocycles. The number of nitrogens with one attached hydrogen (secondary N) is 1. The van der Waals surface area contributed by atoms with E-state index in [0.717, 1.165) is 0 Å². The summed E-state index contributed by atoms with van der Waals surface area (Å²) in [5, 5.41) is 3.25. The maximum absolute atomic E-state index is 13.5. The fraction of sp³-hybridized carbons (Fsp3) is 0.176. The number of carbonyl (C=O) groups excluding carboxylic acids is 2. The lowest BCUT2D eigenvalue weighted by Gasteiger charge is -2.22. The number of halogens is 3. The van der Waals surface area contributed by atoms with Crippen molar-refractivity contribution in [3.63, 3.8) is 0 Å². The highest BCUT2D eigenvalue weighted by Gasteiger charge is 2.17. The number of rotatable bonds is 5. The third kappa shape index (κ3) is 4.69. The van der Waals surface area contributed by atoms with Gasteiger partial charge in [-0.1, -0.05) is 35.3 Å². The number of para-hydroxylation sites is 1.